The highest BCUT2D eigenvalue weighted by atomic mass is 16.2. The smallest absolute Gasteiger partial charge is 0.258 e. The summed E-state index contributed by atoms with van der Waals surface area (Å²) in [5.74, 6) is 0.0593. The molecular weight excluding hydrogens is 342 g/mol. The van der Waals surface area contributed by atoms with Crippen molar-refractivity contribution in [3.8, 4) is 0 Å². The van der Waals surface area contributed by atoms with Gasteiger partial charge in [0, 0.05) is 22.2 Å². The van der Waals surface area contributed by atoms with E-state index in [1.54, 1.807) is 0 Å². The maximum atomic E-state index is 13.5. The zero-order chi connectivity index (χ0) is 19.9. The van der Waals surface area contributed by atoms with Gasteiger partial charge in [0.1, 0.15) is 0 Å². The van der Waals surface area contributed by atoms with E-state index in [0.717, 1.165) is 17.7 Å². The van der Waals surface area contributed by atoms with Crippen LogP contribution in [0.25, 0.3) is 0 Å². The predicted molar refractivity (Wildman–Crippen MR) is 116 cm³/mol. The van der Waals surface area contributed by atoms with Gasteiger partial charge in [0.15, 0.2) is 0 Å². The number of aryl methyl sites for hydroxylation is 1. The monoisotopic (exact) mass is 369 g/mol. The van der Waals surface area contributed by atoms with Crippen LogP contribution in [0.1, 0.15) is 54.2 Å². The second-order valence-corrected chi connectivity index (χ2v) is 8.71. The van der Waals surface area contributed by atoms with Crippen molar-refractivity contribution in [2.45, 2.75) is 45.1 Å². The summed E-state index contributed by atoms with van der Waals surface area (Å²) in [5, 5.41) is 0. The summed E-state index contributed by atoms with van der Waals surface area (Å²) in [6.45, 7) is 8.78. The number of carbonyl (C=O) groups is 1. The molecule has 1 heterocycles. The van der Waals surface area contributed by atoms with Crippen LogP contribution in [-0.2, 0) is 5.41 Å². The van der Waals surface area contributed by atoms with Crippen molar-refractivity contribution >= 4 is 11.6 Å². The lowest BCUT2D eigenvalue weighted by atomic mass is 9.65. The first-order valence-corrected chi connectivity index (χ1v) is 9.89. The van der Waals surface area contributed by atoms with E-state index in [-0.39, 0.29) is 16.9 Å². The van der Waals surface area contributed by atoms with Gasteiger partial charge in [-0.2, -0.15) is 0 Å². The lowest BCUT2D eigenvalue weighted by Crippen LogP contribution is -2.55. The summed E-state index contributed by atoms with van der Waals surface area (Å²) in [4.78, 5) is 15.5. The minimum atomic E-state index is -0.319. The van der Waals surface area contributed by atoms with Crippen LogP contribution in [0.2, 0.25) is 0 Å². The number of carbonyl (C=O) groups excluding carboxylic acids is 1. The van der Waals surface area contributed by atoms with Crippen LogP contribution in [0, 0.1) is 6.92 Å². The van der Waals surface area contributed by atoms with Gasteiger partial charge in [-0.25, -0.2) is 0 Å². The number of anilines is 1. The minimum Gasteiger partial charge on any atom is -0.302 e. The molecule has 1 aliphatic heterocycles. The summed E-state index contributed by atoms with van der Waals surface area (Å²) >= 11 is 0. The van der Waals surface area contributed by atoms with E-state index in [9.17, 15) is 4.79 Å². The van der Waals surface area contributed by atoms with E-state index >= 15 is 0 Å². The quantitative estimate of drug-likeness (QED) is 0.532. The molecule has 3 aromatic rings. The van der Waals surface area contributed by atoms with E-state index in [2.05, 4.69) is 70.2 Å². The van der Waals surface area contributed by atoms with Gasteiger partial charge >= 0.3 is 0 Å². The molecule has 0 saturated heterocycles. The Hall–Kier alpha value is -2.87. The van der Waals surface area contributed by atoms with E-state index in [1.807, 2.05) is 41.3 Å². The molecule has 0 aromatic heterocycles. The fourth-order valence-corrected chi connectivity index (χ4v) is 4.77. The summed E-state index contributed by atoms with van der Waals surface area (Å²) in [5.41, 5.74) is 5.03. The molecule has 142 valence electrons. The molecule has 3 aromatic carbocycles. The summed E-state index contributed by atoms with van der Waals surface area (Å²) in [6.07, 6.45) is 0.860. The molecule has 1 atom stereocenters. The minimum absolute atomic E-state index is 0.0593. The molecule has 1 aliphatic rings. The molecule has 0 bridgehead atoms. The van der Waals surface area contributed by atoms with Gasteiger partial charge < -0.3 is 4.90 Å². The molecule has 0 unspecified atom stereocenters. The summed E-state index contributed by atoms with van der Waals surface area (Å²) in [7, 11) is 0. The molecule has 0 spiro atoms. The Kier molecular flexibility index (Phi) is 4.38. The van der Waals surface area contributed by atoms with Gasteiger partial charge in [-0.1, -0.05) is 73.2 Å². The molecule has 28 heavy (non-hydrogen) atoms. The maximum absolute atomic E-state index is 13.5. The zero-order valence-corrected chi connectivity index (χ0v) is 17.1. The van der Waals surface area contributed by atoms with Crippen molar-refractivity contribution in [1.29, 1.82) is 0 Å². The normalized spacial score (nSPS) is 20.5. The van der Waals surface area contributed by atoms with Gasteiger partial charge in [0.05, 0.1) is 0 Å². The van der Waals surface area contributed by atoms with Gasteiger partial charge in [-0.15, -0.1) is 0 Å². The number of rotatable bonds is 2. The van der Waals surface area contributed by atoms with Gasteiger partial charge in [0.2, 0.25) is 0 Å². The largest absolute Gasteiger partial charge is 0.302 e. The van der Waals surface area contributed by atoms with Gasteiger partial charge in [-0.05, 0) is 56.5 Å². The molecule has 0 N–H and O–H groups in total. The van der Waals surface area contributed by atoms with E-state index in [0.29, 0.717) is 0 Å². The molecule has 0 aliphatic carbocycles. The molecular formula is C26H27NO. The third-order valence-corrected chi connectivity index (χ3v) is 6.04. The number of hydrogen-bond acceptors (Lipinski definition) is 1. The van der Waals surface area contributed by atoms with E-state index in [4.69, 9.17) is 0 Å². The van der Waals surface area contributed by atoms with E-state index in [1.165, 1.54) is 16.7 Å². The van der Waals surface area contributed by atoms with E-state index < -0.39 is 0 Å². The van der Waals surface area contributed by atoms with Crippen LogP contribution in [-0.4, -0.2) is 11.4 Å². The Morgan fingerprint density at radius 2 is 1.43 bits per heavy atom. The van der Waals surface area contributed by atoms with Crippen molar-refractivity contribution in [1.82, 2.24) is 0 Å². The van der Waals surface area contributed by atoms with Crippen LogP contribution in [0.4, 0.5) is 5.69 Å². The Balaban J connectivity index is 1.89. The maximum Gasteiger partial charge on any atom is 0.258 e. The average Bonchev–Trinajstić information content (AvgIpc) is 2.68. The topological polar surface area (TPSA) is 20.3 Å². The van der Waals surface area contributed by atoms with Crippen molar-refractivity contribution in [3.05, 3.63) is 101 Å². The number of fused-ring (bicyclic) bond motifs is 1. The lowest BCUT2D eigenvalue weighted by Gasteiger charge is -2.51. The van der Waals surface area contributed by atoms with Crippen LogP contribution < -0.4 is 4.90 Å². The number of amides is 1. The fourth-order valence-electron chi connectivity index (χ4n) is 4.77. The molecule has 4 rings (SSSR count). The number of benzene rings is 3. The Morgan fingerprint density at radius 1 is 0.821 bits per heavy atom. The Morgan fingerprint density at radius 3 is 2.11 bits per heavy atom. The molecule has 0 saturated carbocycles. The summed E-state index contributed by atoms with van der Waals surface area (Å²) in [6, 6.07) is 26.8. The standard InChI is InChI=1S/C26H27NO/c1-19-14-16-21(17-15-19)26(4)18-25(2,3)27(23-13-9-8-12-22(23)26)24(28)20-10-6-5-7-11-20/h5-17H,18H2,1-4H3/t26-/m1/s1. The van der Waals surface area contributed by atoms with Crippen LogP contribution in [0.5, 0.6) is 0 Å². The third-order valence-electron chi connectivity index (χ3n) is 6.04. The highest BCUT2D eigenvalue weighted by molar-refractivity contribution is 6.08. The molecule has 0 fully saturated rings. The second-order valence-electron chi connectivity index (χ2n) is 8.71. The first-order chi connectivity index (χ1) is 13.3. The van der Waals surface area contributed by atoms with Crippen molar-refractivity contribution < 1.29 is 4.79 Å². The highest BCUT2D eigenvalue weighted by Gasteiger charge is 2.47. The molecule has 2 heteroatoms. The third kappa shape index (κ3) is 2.93. The summed E-state index contributed by atoms with van der Waals surface area (Å²) < 4.78 is 0. The number of nitrogens with zero attached hydrogens (tertiary/aromatic N) is 1. The highest BCUT2D eigenvalue weighted by Crippen LogP contribution is 2.50. The Bertz CT molecular complexity index is 1000. The Labute approximate surface area is 167 Å². The lowest BCUT2D eigenvalue weighted by molar-refractivity contribution is 0.0948. The average molecular weight is 370 g/mol. The van der Waals surface area contributed by atoms with Crippen molar-refractivity contribution in [3.63, 3.8) is 0 Å². The molecule has 0 radical (unpaired) electrons. The fraction of sp³-hybridized carbons (Fsp3) is 0.269. The second kappa shape index (κ2) is 6.63. The predicted octanol–water partition coefficient (Wildman–Crippen LogP) is 6.13. The first kappa shape index (κ1) is 18.5. The SMILES string of the molecule is Cc1ccc([C@@]2(C)CC(C)(C)N(C(=O)c3ccccc3)c3ccccc32)cc1. The first-order valence-electron chi connectivity index (χ1n) is 9.89. The van der Waals surface area contributed by atoms with Gasteiger partial charge in [0.25, 0.3) is 5.91 Å². The number of para-hydroxylation sites is 1. The molecule has 1 amide bonds. The molecule has 2 nitrogen and oxygen atoms in total. The van der Waals surface area contributed by atoms with Crippen LogP contribution in [0.15, 0.2) is 78.9 Å². The van der Waals surface area contributed by atoms with Crippen LogP contribution in [0.3, 0.4) is 0 Å². The van der Waals surface area contributed by atoms with Crippen LogP contribution >= 0.6 is 0 Å². The van der Waals surface area contributed by atoms with Crippen molar-refractivity contribution in [2.24, 2.45) is 0 Å². The van der Waals surface area contributed by atoms with Crippen molar-refractivity contribution in [2.75, 3.05) is 4.90 Å². The van der Waals surface area contributed by atoms with Gasteiger partial charge in [-0.3, -0.25) is 4.79 Å². The number of hydrogen-bond donors (Lipinski definition) is 0. The zero-order valence-electron chi connectivity index (χ0n) is 17.1.